The minimum absolute atomic E-state index is 0. The Morgan fingerprint density at radius 3 is 1.90 bits per heavy atom. The van der Waals surface area contributed by atoms with E-state index in [1.165, 1.54) is 50.1 Å². The SMILES string of the molecule is Cl.Cl.O=C1c2ccccc2C(=O)N1CCCCN1CCN(C2CCCCC2)CC1. The zero-order chi connectivity index (χ0) is 18.6. The molecular weight excluding hydrogens is 409 g/mol. The molecule has 29 heavy (non-hydrogen) atoms. The van der Waals surface area contributed by atoms with Crippen molar-refractivity contribution in [1.82, 2.24) is 14.7 Å². The molecule has 0 unspecified atom stereocenters. The van der Waals surface area contributed by atoms with E-state index < -0.39 is 0 Å². The molecule has 7 heteroatoms. The molecule has 1 aromatic carbocycles. The molecule has 0 aromatic heterocycles. The van der Waals surface area contributed by atoms with E-state index in [-0.39, 0.29) is 36.6 Å². The Labute approximate surface area is 186 Å². The lowest BCUT2D eigenvalue weighted by Crippen LogP contribution is -2.50. The molecule has 1 aromatic rings. The van der Waals surface area contributed by atoms with Crippen molar-refractivity contribution in [3.05, 3.63) is 35.4 Å². The zero-order valence-corrected chi connectivity index (χ0v) is 18.7. The van der Waals surface area contributed by atoms with Crippen molar-refractivity contribution in [2.45, 2.75) is 51.0 Å². The van der Waals surface area contributed by atoms with Gasteiger partial charge in [-0.05, 0) is 44.4 Å². The second-order valence-electron chi connectivity index (χ2n) is 8.18. The van der Waals surface area contributed by atoms with Crippen LogP contribution in [0.15, 0.2) is 24.3 Å². The highest BCUT2D eigenvalue weighted by Gasteiger charge is 2.34. The van der Waals surface area contributed by atoms with E-state index in [0.29, 0.717) is 17.7 Å². The Hall–Kier alpha value is -1.14. The van der Waals surface area contributed by atoms with E-state index in [2.05, 4.69) is 9.80 Å². The first-order valence-corrected chi connectivity index (χ1v) is 10.7. The van der Waals surface area contributed by atoms with Crippen LogP contribution < -0.4 is 0 Å². The number of halogens is 2. The van der Waals surface area contributed by atoms with Gasteiger partial charge in [-0.15, -0.1) is 24.8 Å². The van der Waals surface area contributed by atoms with Gasteiger partial charge in [0.2, 0.25) is 0 Å². The Balaban J connectivity index is 0.00000150. The molecule has 162 valence electrons. The summed E-state index contributed by atoms with van der Waals surface area (Å²) in [6.07, 6.45) is 8.93. The van der Waals surface area contributed by atoms with Gasteiger partial charge in [0.15, 0.2) is 0 Å². The number of nitrogens with zero attached hydrogens (tertiary/aromatic N) is 3. The third-order valence-corrected chi connectivity index (χ3v) is 6.48. The number of piperazine rings is 1. The van der Waals surface area contributed by atoms with Crippen LogP contribution in [0.4, 0.5) is 0 Å². The van der Waals surface area contributed by atoms with Crippen LogP contribution in [0, 0.1) is 0 Å². The third kappa shape index (κ3) is 5.52. The number of hydrogen-bond donors (Lipinski definition) is 0. The number of carbonyl (C=O) groups excluding carboxylic acids is 2. The number of hydrogen-bond acceptors (Lipinski definition) is 4. The normalized spacial score (nSPS) is 20.9. The molecule has 0 N–H and O–H groups in total. The fourth-order valence-corrected chi connectivity index (χ4v) is 4.85. The minimum Gasteiger partial charge on any atom is -0.301 e. The Bertz CT molecular complexity index is 651. The van der Waals surface area contributed by atoms with Crippen molar-refractivity contribution in [2.75, 3.05) is 39.3 Å². The number of imide groups is 1. The van der Waals surface area contributed by atoms with Crippen LogP contribution in [0.1, 0.15) is 65.7 Å². The average molecular weight is 442 g/mol. The minimum atomic E-state index is -0.128. The van der Waals surface area contributed by atoms with Crippen LogP contribution in [0.25, 0.3) is 0 Å². The van der Waals surface area contributed by atoms with Gasteiger partial charge < -0.3 is 4.90 Å². The topological polar surface area (TPSA) is 43.9 Å². The average Bonchev–Trinajstić information content (AvgIpc) is 2.97. The smallest absolute Gasteiger partial charge is 0.261 e. The highest BCUT2D eigenvalue weighted by molar-refractivity contribution is 6.21. The fourth-order valence-electron chi connectivity index (χ4n) is 4.85. The summed E-state index contributed by atoms with van der Waals surface area (Å²) in [4.78, 5) is 31.4. The summed E-state index contributed by atoms with van der Waals surface area (Å²) in [5.74, 6) is -0.256. The second-order valence-corrected chi connectivity index (χ2v) is 8.18. The van der Waals surface area contributed by atoms with E-state index in [1.807, 2.05) is 12.1 Å². The summed E-state index contributed by atoms with van der Waals surface area (Å²) in [5, 5.41) is 0. The van der Waals surface area contributed by atoms with Crippen LogP contribution >= 0.6 is 24.8 Å². The van der Waals surface area contributed by atoms with Gasteiger partial charge in [0.1, 0.15) is 0 Å². The number of amides is 2. The molecule has 0 radical (unpaired) electrons. The van der Waals surface area contributed by atoms with Crippen molar-refractivity contribution >= 4 is 36.6 Å². The van der Waals surface area contributed by atoms with E-state index in [0.717, 1.165) is 38.5 Å². The van der Waals surface area contributed by atoms with Gasteiger partial charge in [-0.1, -0.05) is 31.4 Å². The zero-order valence-electron chi connectivity index (χ0n) is 17.1. The molecule has 5 nitrogen and oxygen atoms in total. The molecule has 0 bridgehead atoms. The molecule has 2 aliphatic heterocycles. The first-order chi connectivity index (χ1) is 13.2. The fraction of sp³-hybridized carbons (Fsp3) is 0.636. The van der Waals surface area contributed by atoms with Gasteiger partial charge in [0, 0.05) is 38.8 Å². The number of carbonyl (C=O) groups is 2. The number of unbranched alkanes of at least 4 members (excludes halogenated alkanes) is 1. The lowest BCUT2D eigenvalue weighted by molar-refractivity contribution is 0.0642. The summed E-state index contributed by atoms with van der Waals surface area (Å²) >= 11 is 0. The maximum Gasteiger partial charge on any atom is 0.261 e. The van der Waals surface area contributed by atoms with Crippen LogP contribution in [-0.4, -0.2) is 71.8 Å². The van der Waals surface area contributed by atoms with Crippen molar-refractivity contribution in [1.29, 1.82) is 0 Å². The lowest BCUT2D eigenvalue weighted by Gasteiger charge is -2.40. The quantitative estimate of drug-likeness (QED) is 0.496. The van der Waals surface area contributed by atoms with Gasteiger partial charge in [0.05, 0.1) is 11.1 Å². The standard InChI is InChI=1S/C22H31N3O2.2ClH/c26-21-19-10-4-5-11-20(19)22(27)25(21)13-7-6-12-23-14-16-24(17-15-23)18-8-2-1-3-9-18;;/h4-5,10-11,18H,1-3,6-9,12-17H2;2*1H. The summed E-state index contributed by atoms with van der Waals surface area (Å²) in [7, 11) is 0. The molecule has 0 atom stereocenters. The van der Waals surface area contributed by atoms with E-state index in [4.69, 9.17) is 0 Å². The van der Waals surface area contributed by atoms with Crippen molar-refractivity contribution in [2.24, 2.45) is 0 Å². The van der Waals surface area contributed by atoms with Gasteiger partial charge in [-0.3, -0.25) is 19.4 Å². The molecule has 4 rings (SSSR count). The van der Waals surface area contributed by atoms with Gasteiger partial charge in [-0.2, -0.15) is 0 Å². The van der Waals surface area contributed by atoms with Crippen molar-refractivity contribution in [3.63, 3.8) is 0 Å². The highest BCUT2D eigenvalue weighted by atomic mass is 35.5. The van der Waals surface area contributed by atoms with Gasteiger partial charge in [-0.25, -0.2) is 0 Å². The van der Waals surface area contributed by atoms with Gasteiger partial charge in [0.25, 0.3) is 11.8 Å². The summed E-state index contributed by atoms with van der Waals surface area (Å²) < 4.78 is 0. The molecule has 0 spiro atoms. The summed E-state index contributed by atoms with van der Waals surface area (Å²) in [5.41, 5.74) is 1.11. The predicted octanol–water partition coefficient (Wildman–Crippen LogP) is 3.86. The first-order valence-electron chi connectivity index (χ1n) is 10.7. The predicted molar refractivity (Wildman–Crippen MR) is 120 cm³/mol. The molecule has 1 saturated heterocycles. The van der Waals surface area contributed by atoms with Crippen LogP contribution in [0.2, 0.25) is 0 Å². The molecule has 3 aliphatic rings. The Morgan fingerprint density at radius 2 is 1.31 bits per heavy atom. The van der Waals surface area contributed by atoms with Gasteiger partial charge >= 0.3 is 0 Å². The Kier molecular flexibility index (Phi) is 9.41. The van der Waals surface area contributed by atoms with Crippen LogP contribution in [-0.2, 0) is 0 Å². The molecule has 2 heterocycles. The third-order valence-electron chi connectivity index (χ3n) is 6.48. The molecule has 1 saturated carbocycles. The highest BCUT2D eigenvalue weighted by Crippen LogP contribution is 2.24. The largest absolute Gasteiger partial charge is 0.301 e. The molecular formula is C22H33Cl2N3O2. The van der Waals surface area contributed by atoms with Crippen LogP contribution in [0.5, 0.6) is 0 Å². The summed E-state index contributed by atoms with van der Waals surface area (Å²) in [6.45, 7) is 6.31. The van der Waals surface area contributed by atoms with Crippen molar-refractivity contribution < 1.29 is 9.59 Å². The molecule has 2 fully saturated rings. The molecule has 2 amide bonds. The lowest BCUT2D eigenvalue weighted by atomic mass is 9.94. The molecule has 1 aliphatic carbocycles. The number of benzene rings is 1. The first kappa shape index (κ1) is 24.1. The van der Waals surface area contributed by atoms with E-state index in [9.17, 15) is 9.59 Å². The maximum absolute atomic E-state index is 12.4. The summed E-state index contributed by atoms with van der Waals surface area (Å²) in [6, 6.07) is 7.97. The maximum atomic E-state index is 12.4. The van der Waals surface area contributed by atoms with Crippen molar-refractivity contribution in [3.8, 4) is 0 Å². The van der Waals surface area contributed by atoms with E-state index >= 15 is 0 Å². The second kappa shape index (κ2) is 11.3. The number of fused-ring (bicyclic) bond motifs is 1. The Morgan fingerprint density at radius 1 is 0.759 bits per heavy atom. The monoisotopic (exact) mass is 441 g/mol. The number of rotatable bonds is 6. The van der Waals surface area contributed by atoms with E-state index in [1.54, 1.807) is 12.1 Å². The van der Waals surface area contributed by atoms with Crippen LogP contribution in [0.3, 0.4) is 0 Å².